The fraction of sp³-hybridized carbons (Fsp3) is 0.385. The van der Waals surface area contributed by atoms with Crippen LogP contribution < -0.4 is 10.6 Å². The molecule has 0 aliphatic rings. The lowest BCUT2D eigenvalue weighted by Crippen LogP contribution is -2.41. The summed E-state index contributed by atoms with van der Waals surface area (Å²) in [6, 6.07) is 8.68. The van der Waals surface area contributed by atoms with Gasteiger partial charge in [-0.05, 0) is 12.5 Å². The fourth-order valence-electron chi connectivity index (χ4n) is 1.50. The van der Waals surface area contributed by atoms with Gasteiger partial charge in [-0.15, -0.1) is 11.8 Å². The summed E-state index contributed by atoms with van der Waals surface area (Å²) in [4.78, 5) is 23.4. The van der Waals surface area contributed by atoms with E-state index in [9.17, 15) is 9.59 Å². The number of imide groups is 1. The van der Waals surface area contributed by atoms with Crippen LogP contribution in [0.15, 0.2) is 30.3 Å². The molecule has 6 heteroatoms. The summed E-state index contributed by atoms with van der Waals surface area (Å²) in [7, 11) is 0. The third kappa shape index (κ3) is 5.32. The first-order chi connectivity index (χ1) is 9.19. The molecule has 0 heterocycles. The van der Waals surface area contributed by atoms with Gasteiger partial charge in [0.25, 0.3) is 0 Å². The van der Waals surface area contributed by atoms with Gasteiger partial charge in [0.15, 0.2) is 0 Å². The summed E-state index contributed by atoms with van der Waals surface area (Å²) in [5, 5.41) is 13.2. The highest BCUT2D eigenvalue weighted by Crippen LogP contribution is 2.28. The molecule has 3 N–H and O–H groups in total. The lowest BCUT2D eigenvalue weighted by Gasteiger charge is -2.16. The quantitative estimate of drug-likeness (QED) is 0.735. The van der Waals surface area contributed by atoms with E-state index in [1.807, 2.05) is 30.3 Å². The highest BCUT2D eigenvalue weighted by Gasteiger charge is 2.22. The Morgan fingerprint density at radius 2 is 2.00 bits per heavy atom. The maximum atomic E-state index is 12.1. The third-order valence-corrected chi connectivity index (χ3v) is 3.53. The van der Waals surface area contributed by atoms with Crippen LogP contribution in [-0.2, 0) is 4.79 Å². The van der Waals surface area contributed by atoms with E-state index in [0.29, 0.717) is 12.3 Å². The van der Waals surface area contributed by atoms with Gasteiger partial charge in [-0.3, -0.25) is 10.1 Å². The molecule has 1 atom stereocenters. The average Bonchev–Trinajstić information content (AvgIpc) is 2.40. The van der Waals surface area contributed by atoms with Crippen LogP contribution in [0.3, 0.4) is 0 Å². The molecular weight excluding hydrogens is 264 g/mol. The van der Waals surface area contributed by atoms with E-state index in [1.54, 1.807) is 6.92 Å². The van der Waals surface area contributed by atoms with E-state index in [1.165, 1.54) is 11.8 Å². The van der Waals surface area contributed by atoms with Gasteiger partial charge in [-0.25, -0.2) is 4.79 Å². The van der Waals surface area contributed by atoms with Crippen LogP contribution in [-0.4, -0.2) is 35.9 Å². The summed E-state index contributed by atoms with van der Waals surface area (Å²) in [5.41, 5.74) is 0.808. The van der Waals surface area contributed by atoms with Crippen molar-refractivity contribution in [2.45, 2.75) is 12.2 Å². The van der Waals surface area contributed by atoms with Crippen molar-refractivity contribution in [1.82, 2.24) is 10.6 Å². The predicted octanol–water partition coefficient (Wildman–Crippen LogP) is 1.30. The monoisotopic (exact) mass is 282 g/mol. The molecule has 0 radical (unpaired) electrons. The smallest absolute Gasteiger partial charge is 0.321 e. The SMILES string of the molecule is CCNC(=O)NC(=O)[C@@H](SCCO)c1ccccc1. The maximum Gasteiger partial charge on any atom is 0.321 e. The normalized spacial score (nSPS) is 11.7. The van der Waals surface area contributed by atoms with E-state index in [0.717, 1.165) is 5.56 Å². The van der Waals surface area contributed by atoms with Gasteiger partial charge in [0.1, 0.15) is 5.25 Å². The van der Waals surface area contributed by atoms with Crippen molar-refractivity contribution in [2.24, 2.45) is 0 Å². The zero-order chi connectivity index (χ0) is 14.1. The van der Waals surface area contributed by atoms with Gasteiger partial charge in [0, 0.05) is 12.3 Å². The molecule has 104 valence electrons. The first kappa shape index (κ1) is 15.5. The number of nitrogens with one attached hydrogen (secondary N) is 2. The minimum atomic E-state index is -0.504. The van der Waals surface area contributed by atoms with Crippen LogP contribution in [0.1, 0.15) is 17.7 Å². The number of carbonyl (C=O) groups is 2. The number of benzene rings is 1. The molecule has 5 nitrogen and oxygen atoms in total. The van der Waals surface area contributed by atoms with Crippen LogP contribution in [0, 0.1) is 0 Å². The Labute approximate surface area is 116 Å². The molecule has 1 aromatic carbocycles. The van der Waals surface area contributed by atoms with Gasteiger partial charge >= 0.3 is 6.03 Å². The second-order valence-electron chi connectivity index (χ2n) is 3.73. The molecule has 19 heavy (non-hydrogen) atoms. The van der Waals surface area contributed by atoms with Crippen LogP contribution in [0.4, 0.5) is 4.79 Å². The molecule has 0 aliphatic carbocycles. The Kier molecular flexibility index (Phi) is 6.99. The van der Waals surface area contributed by atoms with Crippen molar-refractivity contribution in [3.8, 4) is 0 Å². The lowest BCUT2D eigenvalue weighted by atomic mass is 10.1. The Morgan fingerprint density at radius 3 is 2.58 bits per heavy atom. The zero-order valence-corrected chi connectivity index (χ0v) is 11.6. The highest BCUT2D eigenvalue weighted by atomic mass is 32.2. The second-order valence-corrected chi connectivity index (χ2v) is 4.95. The summed E-state index contributed by atoms with van der Waals surface area (Å²) < 4.78 is 0. The third-order valence-electron chi connectivity index (χ3n) is 2.29. The van der Waals surface area contributed by atoms with E-state index >= 15 is 0 Å². The number of hydrogen-bond donors (Lipinski definition) is 3. The molecule has 0 saturated heterocycles. The van der Waals surface area contributed by atoms with Crippen molar-refractivity contribution in [1.29, 1.82) is 0 Å². The number of urea groups is 1. The van der Waals surface area contributed by atoms with Gasteiger partial charge < -0.3 is 10.4 Å². The fourth-order valence-corrected chi connectivity index (χ4v) is 2.40. The van der Waals surface area contributed by atoms with Crippen molar-refractivity contribution >= 4 is 23.7 Å². The molecular formula is C13H18N2O3S. The predicted molar refractivity (Wildman–Crippen MR) is 75.9 cm³/mol. The summed E-state index contributed by atoms with van der Waals surface area (Å²) in [6.45, 7) is 2.22. The highest BCUT2D eigenvalue weighted by molar-refractivity contribution is 8.00. The standard InChI is InChI=1S/C13H18N2O3S/c1-2-14-13(18)15-12(17)11(19-9-8-16)10-6-4-3-5-7-10/h3-7,11,16H,2,8-9H2,1H3,(H2,14,15,17,18)/t11-/m0/s1. The number of carbonyl (C=O) groups excluding carboxylic acids is 2. The molecule has 1 rings (SSSR count). The number of amides is 3. The first-order valence-electron chi connectivity index (χ1n) is 6.05. The Balaban J connectivity index is 2.73. The number of aliphatic hydroxyl groups is 1. The minimum Gasteiger partial charge on any atom is -0.396 e. The molecule has 0 aliphatic heterocycles. The van der Waals surface area contributed by atoms with Crippen molar-refractivity contribution in [3.05, 3.63) is 35.9 Å². The lowest BCUT2D eigenvalue weighted by molar-refractivity contribution is -0.119. The van der Waals surface area contributed by atoms with E-state index < -0.39 is 11.3 Å². The van der Waals surface area contributed by atoms with E-state index in [2.05, 4.69) is 10.6 Å². The number of rotatable bonds is 6. The molecule has 0 saturated carbocycles. The molecule has 0 spiro atoms. The summed E-state index contributed by atoms with van der Waals surface area (Å²) in [6.07, 6.45) is 0. The summed E-state index contributed by atoms with van der Waals surface area (Å²) >= 11 is 1.30. The summed E-state index contributed by atoms with van der Waals surface area (Å²) in [5.74, 6) is 0.0538. The molecule has 0 bridgehead atoms. The van der Waals surface area contributed by atoms with E-state index in [4.69, 9.17) is 5.11 Å². The number of aliphatic hydroxyl groups excluding tert-OH is 1. The molecule has 3 amide bonds. The largest absolute Gasteiger partial charge is 0.396 e. The zero-order valence-electron chi connectivity index (χ0n) is 10.8. The average molecular weight is 282 g/mol. The molecule has 1 aromatic rings. The first-order valence-corrected chi connectivity index (χ1v) is 7.10. The van der Waals surface area contributed by atoms with Crippen molar-refractivity contribution in [3.63, 3.8) is 0 Å². The Hall–Kier alpha value is -1.53. The van der Waals surface area contributed by atoms with Crippen LogP contribution in [0.5, 0.6) is 0 Å². The van der Waals surface area contributed by atoms with Crippen LogP contribution in [0.2, 0.25) is 0 Å². The van der Waals surface area contributed by atoms with Gasteiger partial charge in [0.2, 0.25) is 5.91 Å². The van der Waals surface area contributed by atoms with Gasteiger partial charge in [0.05, 0.1) is 6.61 Å². The molecule has 0 aromatic heterocycles. The van der Waals surface area contributed by atoms with Gasteiger partial charge in [-0.2, -0.15) is 0 Å². The molecule has 0 unspecified atom stereocenters. The Bertz CT molecular complexity index is 412. The number of hydrogen-bond acceptors (Lipinski definition) is 4. The number of thioether (sulfide) groups is 1. The molecule has 0 fully saturated rings. The van der Waals surface area contributed by atoms with Gasteiger partial charge in [-0.1, -0.05) is 30.3 Å². The minimum absolute atomic E-state index is 0.0115. The van der Waals surface area contributed by atoms with Crippen LogP contribution >= 0.6 is 11.8 Å². The maximum absolute atomic E-state index is 12.1. The Morgan fingerprint density at radius 1 is 1.32 bits per heavy atom. The van der Waals surface area contributed by atoms with Crippen molar-refractivity contribution < 1.29 is 14.7 Å². The topological polar surface area (TPSA) is 78.4 Å². The van der Waals surface area contributed by atoms with E-state index in [-0.39, 0.29) is 12.5 Å². The van der Waals surface area contributed by atoms with Crippen molar-refractivity contribution in [2.75, 3.05) is 18.9 Å². The second kappa shape index (κ2) is 8.55. The van der Waals surface area contributed by atoms with Crippen LogP contribution in [0.25, 0.3) is 0 Å².